The van der Waals surface area contributed by atoms with E-state index in [9.17, 15) is 4.79 Å². The summed E-state index contributed by atoms with van der Waals surface area (Å²) in [6.07, 6.45) is 2.06. The largest absolute Gasteiger partial charge is 0.338 e. The first-order valence-electron chi connectivity index (χ1n) is 6.49. The lowest BCUT2D eigenvalue weighted by atomic mass is 9.92. The van der Waals surface area contributed by atoms with Gasteiger partial charge in [0.1, 0.15) is 0 Å². The zero-order valence-corrected chi connectivity index (χ0v) is 12.4. The molecule has 0 spiro atoms. The fourth-order valence-electron chi connectivity index (χ4n) is 2.46. The molecule has 3 nitrogen and oxygen atoms in total. The molecule has 0 bridgehead atoms. The molecule has 1 aromatic rings. The Balaban J connectivity index is 2.17. The molecule has 0 saturated carbocycles. The quantitative estimate of drug-likeness (QED) is 0.912. The molecule has 1 aliphatic rings. The molecule has 1 aromatic carbocycles. The van der Waals surface area contributed by atoms with Crippen LogP contribution in [0.15, 0.2) is 18.2 Å². The number of nitrogens with zero attached hydrogens (tertiary/aromatic N) is 1. The summed E-state index contributed by atoms with van der Waals surface area (Å²) in [5.74, 6) is 0.300. The van der Waals surface area contributed by atoms with Crippen molar-refractivity contribution >= 4 is 29.1 Å². The van der Waals surface area contributed by atoms with Crippen molar-refractivity contribution in [3.05, 3.63) is 33.8 Å². The highest BCUT2D eigenvalue weighted by Crippen LogP contribution is 2.28. The lowest BCUT2D eigenvalue weighted by Gasteiger charge is -2.34. The molecular weight excluding hydrogens is 283 g/mol. The molecule has 1 heterocycles. The Kier molecular flexibility index (Phi) is 4.71. The monoisotopic (exact) mass is 300 g/mol. The van der Waals surface area contributed by atoms with Gasteiger partial charge in [-0.25, -0.2) is 0 Å². The average molecular weight is 301 g/mol. The van der Waals surface area contributed by atoms with Gasteiger partial charge in [-0.3, -0.25) is 4.79 Å². The van der Waals surface area contributed by atoms with Crippen molar-refractivity contribution in [3.8, 4) is 0 Å². The summed E-state index contributed by atoms with van der Waals surface area (Å²) in [6, 6.07) is 5.24. The highest BCUT2D eigenvalue weighted by molar-refractivity contribution is 6.43. The molecule has 19 heavy (non-hydrogen) atoms. The summed E-state index contributed by atoms with van der Waals surface area (Å²) in [7, 11) is 0. The molecule has 2 N–H and O–H groups in total. The maximum atomic E-state index is 12.5. The Morgan fingerprint density at radius 2 is 2.21 bits per heavy atom. The first-order chi connectivity index (χ1) is 9.00. The first kappa shape index (κ1) is 14.6. The summed E-state index contributed by atoms with van der Waals surface area (Å²) >= 11 is 12.1. The maximum absolute atomic E-state index is 12.5. The second kappa shape index (κ2) is 6.12. The molecule has 1 saturated heterocycles. The van der Waals surface area contributed by atoms with E-state index in [4.69, 9.17) is 28.9 Å². The molecule has 0 aromatic heterocycles. The summed E-state index contributed by atoms with van der Waals surface area (Å²) in [4.78, 5) is 14.3. The fourth-order valence-corrected chi connectivity index (χ4v) is 2.84. The van der Waals surface area contributed by atoms with E-state index in [1.54, 1.807) is 18.2 Å². The highest BCUT2D eigenvalue weighted by Gasteiger charge is 2.27. The number of amides is 1. The Hall–Kier alpha value is -0.770. The van der Waals surface area contributed by atoms with E-state index in [2.05, 4.69) is 0 Å². The topological polar surface area (TPSA) is 46.3 Å². The van der Waals surface area contributed by atoms with E-state index in [1.807, 2.05) is 11.8 Å². The van der Waals surface area contributed by atoms with Crippen LogP contribution < -0.4 is 5.73 Å². The molecule has 0 radical (unpaired) electrons. The van der Waals surface area contributed by atoms with Crippen LogP contribution in [0.4, 0.5) is 0 Å². The van der Waals surface area contributed by atoms with Gasteiger partial charge >= 0.3 is 0 Å². The molecule has 1 fully saturated rings. The van der Waals surface area contributed by atoms with E-state index in [1.165, 1.54) is 0 Å². The molecule has 0 unspecified atom stereocenters. The van der Waals surface area contributed by atoms with Gasteiger partial charge in [0.05, 0.1) is 15.6 Å². The van der Waals surface area contributed by atoms with E-state index >= 15 is 0 Å². The number of piperidine rings is 1. The van der Waals surface area contributed by atoms with Crippen molar-refractivity contribution < 1.29 is 4.79 Å². The Morgan fingerprint density at radius 3 is 2.89 bits per heavy atom. The van der Waals surface area contributed by atoms with Crippen LogP contribution in [0.1, 0.15) is 30.1 Å². The van der Waals surface area contributed by atoms with E-state index < -0.39 is 0 Å². The van der Waals surface area contributed by atoms with Crippen LogP contribution in [-0.4, -0.2) is 29.9 Å². The third-order valence-electron chi connectivity index (χ3n) is 3.67. The molecule has 2 rings (SSSR count). The zero-order valence-electron chi connectivity index (χ0n) is 10.9. The first-order valence-corrected chi connectivity index (χ1v) is 7.25. The smallest absolute Gasteiger partial charge is 0.255 e. The third-order valence-corrected chi connectivity index (χ3v) is 4.49. The summed E-state index contributed by atoms with van der Waals surface area (Å²) in [6.45, 7) is 3.44. The molecule has 1 aliphatic heterocycles. The van der Waals surface area contributed by atoms with Crippen LogP contribution in [0, 0.1) is 5.92 Å². The number of carbonyl (C=O) groups is 1. The predicted molar refractivity (Wildman–Crippen MR) is 78.7 cm³/mol. The van der Waals surface area contributed by atoms with E-state index in [-0.39, 0.29) is 11.9 Å². The number of halogens is 2. The number of hydrogen-bond donors (Lipinski definition) is 1. The standard InChI is InChI=1S/C14H18Cl2N2O/c1-9(17)10-4-3-7-18(8-10)14(19)11-5-2-6-12(15)13(11)16/h2,5-6,9-10H,3-4,7-8,17H2,1H3/t9-,10-/m0/s1. The van der Waals surface area contributed by atoms with Crippen molar-refractivity contribution in [1.29, 1.82) is 0 Å². The van der Waals surface area contributed by atoms with E-state index in [0.717, 1.165) is 19.4 Å². The predicted octanol–water partition coefficient (Wildman–Crippen LogP) is 3.19. The van der Waals surface area contributed by atoms with Crippen molar-refractivity contribution in [2.45, 2.75) is 25.8 Å². The maximum Gasteiger partial charge on any atom is 0.255 e. The fraction of sp³-hybridized carbons (Fsp3) is 0.500. The molecular formula is C14H18Cl2N2O. The van der Waals surface area contributed by atoms with Gasteiger partial charge < -0.3 is 10.6 Å². The normalized spacial score (nSPS) is 21.3. The minimum atomic E-state index is -0.0575. The molecule has 1 amide bonds. The van der Waals surface area contributed by atoms with Crippen LogP contribution in [-0.2, 0) is 0 Å². The number of benzene rings is 1. The van der Waals surface area contributed by atoms with Crippen LogP contribution in [0.3, 0.4) is 0 Å². The van der Waals surface area contributed by atoms with E-state index in [0.29, 0.717) is 28.1 Å². The lowest BCUT2D eigenvalue weighted by molar-refractivity contribution is 0.0661. The number of likely N-dealkylation sites (tertiary alicyclic amines) is 1. The minimum Gasteiger partial charge on any atom is -0.338 e. The SMILES string of the molecule is C[C@H](N)[C@H]1CCCN(C(=O)c2cccc(Cl)c2Cl)C1. The number of nitrogens with two attached hydrogens (primary N) is 1. The highest BCUT2D eigenvalue weighted by atomic mass is 35.5. The van der Waals surface area contributed by atoms with Gasteiger partial charge in [-0.1, -0.05) is 29.3 Å². The molecule has 5 heteroatoms. The van der Waals surface area contributed by atoms with Crippen LogP contribution in [0.25, 0.3) is 0 Å². The van der Waals surface area contributed by atoms with Gasteiger partial charge in [0.25, 0.3) is 5.91 Å². The zero-order chi connectivity index (χ0) is 14.0. The molecule has 2 atom stereocenters. The van der Waals surface area contributed by atoms with Crippen LogP contribution in [0.5, 0.6) is 0 Å². The minimum absolute atomic E-state index is 0.0575. The van der Waals surface area contributed by atoms with Gasteiger partial charge in [-0.15, -0.1) is 0 Å². The van der Waals surface area contributed by atoms with Gasteiger partial charge in [-0.05, 0) is 37.8 Å². The summed E-state index contributed by atoms with van der Waals surface area (Å²) in [5.41, 5.74) is 6.41. The van der Waals surface area contributed by atoms with Crippen LogP contribution >= 0.6 is 23.2 Å². The molecule has 0 aliphatic carbocycles. The van der Waals surface area contributed by atoms with Gasteiger partial charge in [0, 0.05) is 19.1 Å². The Labute approximate surface area is 123 Å². The number of rotatable bonds is 2. The Morgan fingerprint density at radius 1 is 1.47 bits per heavy atom. The lowest BCUT2D eigenvalue weighted by Crippen LogP contribution is -2.45. The number of hydrogen-bond acceptors (Lipinski definition) is 2. The summed E-state index contributed by atoms with van der Waals surface area (Å²) < 4.78 is 0. The molecule has 104 valence electrons. The Bertz CT molecular complexity index is 477. The van der Waals surface area contributed by atoms with Crippen molar-refractivity contribution in [3.63, 3.8) is 0 Å². The second-order valence-electron chi connectivity index (χ2n) is 5.11. The van der Waals surface area contributed by atoms with Crippen molar-refractivity contribution in [2.24, 2.45) is 11.7 Å². The third kappa shape index (κ3) is 3.22. The average Bonchev–Trinajstić information content (AvgIpc) is 2.41. The van der Waals surface area contributed by atoms with Crippen molar-refractivity contribution in [2.75, 3.05) is 13.1 Å². The number of carbonyl (C=O) groups excluding carboxylic acids is 1. The second-order valence-corrected chi connectivity index (χ2v) is 5.90. The van der Waals surface area contributed by atoms with Gasteiger partial charge in [0.15, 0.2) is 0 Å². The van der Waals surface area contributed by atoms with Gasteiger partial charge in [0.2, 0.25) is 0 Å². The van der Waals surface area contributed by atoms with Gasteiger partial charge in [-0.2, -0.15) is 0 Å². The van der Waals surface area contributed by atoms with Crippen molar-refractivity contribution in [1.82, 2.24) is 4.90 Å². The van der Waals surface area contributed by atoms with Crippen LogP contribution in [0.2, 0.25) is 10.0 Å². The summed E-state index contributed by atoms with van der Waals surface area (Å²) in [5, 5.41) is 0.741.